The molecule has 0 saturated carbocycles. The van der Waals surface area contributed by atoms with Crippen molar-refractivity contribution >= 4 is 0 Å². The molecule has 0 aromatic heterocycles. The van der Waals surface area contributed by atoms with Gasteiger partial charge < -0.3 is 10.8 Å². The van der Waals surface area contributed by atoms with Crippen LogP contribution in [0.15, 0.2) is 0 Å². The minimum absolute atomic E-state index is 0.174. The molecular formula is C8H19NO. The molecule has 0 radical (unpaired) electrons. The van der Waals surface area contributed by atoms with Gasteiger partial charge in [-0.3, -0.25) is 0 Å². The first-order valence-electron chi connectivity index (χ1n) is 4.05. The third-order valence-corrected chi connectivity index (χ3v) is 1.58. The smallest absolute Gasteiger partial charge is 0.0552 e. The summed E-state index contributed by atoms with van der Waals surface area (Å²) in [5.74, 6) is 0.687. The molecule has 0 aromatic rings. The van der Waals surface area contributed by atoms with Crippen LogP contribution in [0.3, 0.4) is 0 Å². The fourth-order valence-corrected chi connectivity index (χ4v) is 0.862. The predicted molar refractivity (Wildman–Crippen MR) is 43.8 cm³/mol. The van der Waals surface area contributed by atoms with Crippen LogP contribution in [0.2, 0.25) is 0 Å². The van der Waals surface area contributed by atoms with Gasteiger partial charge in [-0.2, -0.15) is 0 Å². The van der Waals surface area contributed by atoms with Gasteiger partial charge in [0.25, 0.3) is 0 Å². The van der Waals surface area contributed by atoms with Crippen molar-refractivity contribution in [1.82, 2.24) is 0 Å². The second-order valence-corrected chi connectivity index (χ2v) is 3.20. The van der Waals surface area contributed by atoms with Crippen LogP contribution >= 0.6 is 0 Å². The summed E-state index contributed by atoms with van der Waals surface area (Å²) in [5.41, 5.74) is 5.28. The fourth-order valence-electron chi connectivity index (χ4n) is 0.862. The van der Waals surface area contributed by atoms with E-state index >= 15 is 0 Å². The Morgan fingerprint density at radius 1 is 1.20 bits per heavy atom. The molecule has 0 aliphatic heterocycles. The highest BCUT2D eigenvalue weighted by atomic mass is 16.3. The van der Waals surface area contributed by atoms with Crippen molar-refractivity contribution in [2.75, 3.05) is 6.54 Å². The van der Waals surface area contributed by atoms with E-state index in [0.29, 0.717) is 12.5 Å². The lowest BCUT2D eigenvalue weighted by Gasteiger charge is -2.09. The first-order chi connectivity index (χ1) is 4.66. The number of aliphatic hydroxyl groups excluding tert-OH is 1. The molecule has 10 heavy (non-hydrogen) atoms. The number of aliphatic hydroxyl groups is 1. The van der Waals surface area contributed by atoms with E-state index in [1.165, 1.54) is 0 Å². The van der Waals surface area contributed by atoms with E-state index in [1.54, 1.807) is 0 Å². The third-order valence-electron chi connectivity index (χ3n) is 1.58. The van der Waals surface area contributed by atoms with Crippen molar-refractivity contribution in [2.45, 2.75) is 39.2 Å². The number of hydrogen-bond donors (Lipinski definition) is 2. The largest absolute Gasteiger partial charge is 0.393 e. The first kappa shape index (κ1) is 9.92. The van der Waals surface area contributed by atoms with Crippen LogP contribution in [-0.2, 0) is 0 Å². The molecular weight excluding hydrogens is 126 g/mol. The normalized spacial score (nSPS) is 14.1. The summed E-state index contributed by atoms with van der Waals surface area (Å²) in [6.45, 7) is 4.92. The molecule has 1 atom stereocenters. The van der Waals surface area contributed by atoms with Crippen molar-refractivity contribution in [3.8, 4) is 0 Å². The number of hydrogen-bond acceptors (Lipinski definition) is 2. The molecule has 0 saturated heterocycles. The van der Waals surface area contributed by atoms with Gasteiger partial charge in [-0.1, -0.05) is 13.8 Å². The van der Waals surface area contributed by atoms with E-state index in [2.05, 4.69) is 13.8 Å². The molecule has 0 fully saturated rings. The van der Waals surface area contributed by atoms with Crippen LogP contribution in [-0.4, -0.2) is 17.8 Å². The molecule has 0 bridgehead atoms. The van der Waals surface area contributed by atoms with Crippen LogP contribution in [0.4, 0.5) is 0 Å². The van der Waals surface area contributed by atoms with Crippen LogP contribution in [0, 0.1) is 5.92 Å². The molecule has 62 valence electrons. The molecule has 2 heteroatoms. The topological polar surface area (TPSA) is 46.2 Å². The lowest BCUT2D eigenvalue weighted by atomic mass is 10.0. The molecule has 0 spiro atoms. The number of nitrogens with two attached hydrogens (primary N) is 1. The highest BCUT2D eigenvalue weighted by Gasteiger charge is 2.03. The summed E-state index contributed by atoms with van der Waals surface area (Å²) >= 11 is 0. The molecule has 0 unspecified atom stereocenters. The van der Waals surface area contributed by atoms with Gasteiger partial charge in [0.1, 0.15) is 0 Å². The van der Waals surface area contributed by atoms with Gasteiger partial charge >= 0.3 is 0 Å². The van der Waals surface area contributed by atoms with E-state index < -0.39 is 0 Å². The fraction of sp³-hybridized carbons (Fsp3) is 1.00. The van der Waals surface area contributed by atoms with Crippen molar-refractivity contribution in [2.24, 2.45) is 11.7 Å². The summed E-state index contributed by atoms with van der Waals surface area (Å²) in [4.78, 5) is 0. The lowest BCUT2D eigenvalue weighted by molar-refractivity contribution is 0.149. The maximum atomic E-state index is 9.22. The SMILES string of the molecule is CC(C)CC[C@H](O)CCN. The molecule has 0 aliphatic carbocycles. The highest BCUT2D eigenvalue weighted by Crippen LogP contribution is 2.07. The minimum atomic E-state index is -0.174. The summed E-state index contributed by atoms with van der Waals surface area (Å²) in [6, 6.07) is 0. The Morgan fingerprint density at radius 2 is 1.80 bits per heavy atom. The van der Waals surface area contributed by atoms with Crippen LogP contribution in [0.1, 0.15) is 33.1 Å². The van der Waals surface area contributed by atoms with Gasteiger partial charge in [-0.15, -0.1) is 0 Å². The Bertz CT molecular complexity index is 73.7. The van der Waals surface area contributed by atoms with Crippen molar-refractivity contribution in [3.63, 3.8) is 0 Å². The van der Waals surface area contributed by atoms with Gasteiger partial charge in [0.05, 0.1) is 6.10 Å². The summed E-state index contributed by atoms with van der Waals surface area (Å²) in [7, 11) is 0. The van der Waals surface area contributed by atoms with Crippen molar-refractivity contribution in [1.29, 1.82) is 0 Å². The van der Waals surface area contributed by atoms with E-state index in [-0.39, 0.29) is 6.10 Å². The summed E-state index contributed by atoms with van der Waals surface area (Å²) < 4.78 is 0. The maximum absolute atomic E-state index is 9.22. The molecule has 0 aliphatic rings. The van der Waals surface area contributed by atoms with E-state index in [4.69, 9.17) is 5.73 Å². The van der Waals surface area contributed by atoms with E-state index in [1.807, 2.05) is 0 Å². The second-order valence-electron chi connectivity index (χ2n) is 3.20. The summed E-state index contributed by atoms with van der Waals surface area (Å²) in [6.07, 6.45) is 2.57. The Morgan fingerprint density at radius 3 is 2.20 bits per heavy atom. The van der Waals surface area contributed by atoms with Gasteiger partial charge in [0.2, 0.25) is 0 Å². The van der Waals surface area contributed by atoms with Crippen molar-refractivity contribution < 1.29 is 5.11 Å². The standard InChI is InChI=1S/C8H19NO/c1-7(2)3-4-8(10)5-6-9/h7-8,10H,3-6,9H2,1-2H3/t8-/m0/s1. The maximum Gasteiger partial charge on any atom is 0.0552 e. The van der Waals surface area contributed by atoms with Gasteiger partial charge in [0, 0.05) is 0 Å². The van der Waals surface area contributed by atoms with Crippen LogP contribution < -0.4 is 5.73 Å². The Balaban J connectivity index is 3.12. The number of rotatable bonds is 5. The molecule has 0 amide bonds. The van der Waals surface area contributed by atoms with Gasteiger partial charge in [-0.05, 0) is 31.7 Å². The Hall–Kier alpha value is -0.0800. The molecule has 2 nitrogen and oxygen atoms in total. The zero-order valence-corrected chi connectivity index (χ0v) is 7.01. The van der Waals surface area contributed by atoms with Crippen LogP contribution in [0.25, 0.3) is 0 Å². The Kier molecular flexibility index (Phi) is 5.64. The molecule has 3 N–H and O–H groups in total. The lowest BCUT2D eigenvalue weighted by Crippen LogP contribution is -2.13. The highest BCUT2D eigenvalue weighted by molar-refractivity contribution is 4.57. The van der Waals surface area contributed by atoms with Gasteiger partial charge in [0.15, 0.2) is 0 Å². The quantitative estimate of drug-likeness (QED) is 0.609. The van der Waals surface area contributed by atoms with E-state index in [9.17, 15) is 5.11 Å². The summed E-state index contributed by atoms with van der Waals surface area (Å²) in [5, 5.41) is 9.22. The molecule has 0 heterocycles. The van der Waals surface area contributed by atoms with E-state index in [0.717, 1.165) is 19.3 Å². The third kappa shape index (κ3) is 6.05. The predicted octanol–water partition coefficient (Wildman–Crippen LogP) is 1.13. The zero-order chi connectivity index (χ0) is 7.98. The van der Waals surface area contributed by atoms with Gasteiger partial charge in [-0.25, -0.2) is 0 Å². The van der Waals surface area contributed by atoms with Crippen molar-refractivity contribution in [3.05, 3.63) is 0 Å². The monoisotopic (exact) mass is 145 g/mol. The average molecular weight is 145 g/mol. The zero-order valence-electron chi connectivity index (χ0n) is 7.01. The second kappa shape index (κ2) is 5.69. The average Bonchev–Trinajstić information content (AvgIpc) is 1.85. The molecule has 0 rings (SSSR count). The minimum Gasteiger partial charge on any atom is -0.393 e. The first-order valence-corrected chi connectivity index (χ1v) is 4.05. The van der Waals surface area contributed by atoms with Crippen LogP contribution in [0.5, 0.6) is 0 Å². The molecule has 0 aromatic carbocycles. The Labute approximate surface area is 63.4 Å².